The number of carbonyl (C=O) groups is 1. The third-order valence-corrected chi connectivity index (χ3v) is 2.62. The lowest BCUT2D eigenvalue weighted by atomic mass is 10.0. The van der Waals surface area contributed by atoms with Gasteiger partial charge in [0.2, 0.25) is 0 Å². The number of aromatic nitrogens is 1. The Hall–Kier alpha value is -2.31. The van der Waals surface area contributed by atoms with Crippen LogP contribution in [0.1, 0.15) is 15.9 Å². The summed E-state index contributed by atoms with van der Waals surface area (Å²) in [5.41, 5.74) is -3.13. The Labute approximate surface area is 109 Å². The molecule has 0 spiro atoms. The molecule has 0 aliphatic heterocycles. The first-order chi connectivity index (χ1) is 9.36. The van der Waals surface area contributed by atoms with E-state index in [0.29, 0.717) is 6.07 Å². The Morgan fingerprint density at radius 1 is 1.10 bits per heavy atom. The zero-order valence-electron chi connectivity index (χ0n) is 9.71. The van der Waals surface area contributed by atoms with Gasteiger partial charge in [0.05, 0.1) is 16.8 Å². The van der Waals surface area contributed by atoms with Crippen molar-refractivity contribution in [3.05, 3.63) is 53.2 Å². The van der Waals surface area contributed by atoms with Crippen LogP contribution < -0.4 is 0 Å². The van der Waals surface area contributed by atoms with E-state index in [-0.39, 0.29) is 6.29 Å². The Morgan fingerprint density at radius 3 is 2.40 bits per heavy atom. The number of halogens is 5. The molecule has 2 rings (SSSR count). The molecule has 0 aliphatic carbocycles. The molecular weight excluding hydrogens is 281 g/mol. The summed E-state index contributed by atoms with van der Waals surface area (Å²) in [6.07, 6.45) is -4.08. The Bertz CT molecular complexity index is 666. The monoisotopic (exact) mass is 287 g/mol. The lowest BCUT2D eigenvalue weighted by Crippen LogP contribution is -2.11. The first-order valence-electron chi connectivity index (χ1n) is 5.32. The largest absolute Gasteiger partial charge is 0.417 e. The van der Waals surface area contributed by atoms with Crippen molar-refractivity contribution < 1.29 is 26.7 Å². The van der Waals surface area contributed by atoms with Crippen molar-refractivity contribution in [3.8, 4) is 11.3 Å². The average Bonchev–Trinajstić information content (AvgIpc) is 2.40. The second-order valence-corrected chi connectivity index (χ2v) is 3.84. The number of benzene rings is 1. The van der Waals surface area contributed by atoms with Crippen LogP contribution in [0.4, 0.5) is 22.0 Å². The van der Waals surface area contributed by atoms with Gasteiger partial charge in [-0.1, -0.05) is 6.07 Å². The molecule has 0 radical (unpaired) electrons. The first kappa shape index (κ1) is 14.1. The van der Waals surface area contributed by atoms with E-state index in [1.165, 1.54) is 0 Å². The maximum absolute atomic E-state index is 13.6. The highest BCUT2D eigenvalue weighted by atomic mass is 19.4. The van der Waals surface area contributed by atoms with E-state index in [1.807, 2.05) is 0 Å². The molecule has 0 saturated heterocycles. The quantitative estimate of drug-likeness (QED) is 0.620. The van der Waals surface area contributed by atoms with Gasteiger partial charge < -0.3 is 0 Å². The highest BCUT2D eigenvalue weighted by Gasteiger charge is 2.35. The van der Waals surface area contributed by atoms with Crippen LogP contribution in [0.2, 0.25) is 0 Å². The van der Waals surface area contributed by atoms with Gasteiger partial charge in [0.1, 0.15) is 0 Å². The van der Waals surface area contributed by atoms with Crippen LogP contribution in [0.15, 0.2) is 30.5 Å². The van der Waals surface area contributed by atoms with Crippen molar-refractivity contribution in [2.24, 2.45) is 0 Å². The van der Waals surface area contributed by atoms with Crippen LogP contribution >= 0.6 is 0 Å². The zero-order valence-corrected chi connectivity index (χ0v) is 9.71. The van der Waals surface area contributed by atoms with Crippen LogP contribution in [0, 0.1) is 11.6 Å². The minimum atomic E-state index is -4.79. The van der Waals surface area contributed by atoms with E-state index in [9.17, 15) is 26.7 Å². The van der Waals surface area contributed by atoms with E-state index in [2.05, 4.69) is 4.98 Å². The molecule has 1 heterocycles. The summed E-state index contributed by atoms with van der Waals surface area (Å²) in [6.45, 7) is 0. The molecule has 0 bridgehead atoms. The van der Waals surface area contributed by atoms with Crippen LogP contribution in [-0.2, 0) is 6.18 Å². The summed E-state index contributed by atoms with van der Waals surface area (Å²) in [6, 6.07) is 3.58. The molecule has 0 N–H and O–H groups in total. The van der Waals surface area contributed by atoms with Gasteiger partial charge in [-0.05, 0) is 18.2 Å². The lowest BCUT2D eigenvalue weighted by molar-refractivity contribution is -0.137. The summed E-state index contributed by atoms with van der Waals surface area (Å²) in [5, 5.41) is 0. The molecule has 20 heavy (non-hydrogen) atoms. The number of aldehydes is 1. The predicted molar refractivity (Wildman–Crippen MR) is 60.0 cm³/mol. The Balaban J connectivity index is 2.76. The van der Waals surface area contributed by atoms with Gasteiger partial charge >= 0.3 is 6.18 Å². The number of rotatable bonds is 2. The molecule has 2 aromatic rings. The summed E-state index contributed by atoms with van der Waals surface area (Å²) in [4.78, 5) is 14.5. The summed E-state index contributed by atoms with van der Waals surface area (Å²) in [7, 11) is 0. The predicted octanol–water partition coefficient (Wildman–Crippen LogP) is 3.86. The molecule has 0 amide bonds. The van der Waals surface area contributed by atoms with Crippen molar-refractivity contribution in [1.29, 1.82) is 0 Å². The molecule has 0 saturated carbocycles. The summed E-state index contributed by atoms with van der Waals surface area (Å²) in [5.74, 6) is -2.60. The normalized spacial score (nSPS) is 11.4. The molecule has 1 aromatic heterocycles. The molecule has 7 heteroatoms. The highest BCUT2D eigenvalue weighted by molar-refractivity contribution is 5.88. The number of pyridine rings is 1. The van der Waals surface area contributed by atoms with Crippen molar-refractivity contribution in [3.63, 3.8) is 0 Å². The van der Waals surface area contributed by atoms with Gasteiger partial charge in [-0.3, -0.25) is 9.78 Å². The van der Waals surface area contributed by atoms with Crippen molar-refractivity contribution >= 4 is 6.29 Å². The van der Waals surface area contributed by atoms with Crippen LogP contribution in [0.3, 0.4) is 0 Å². The van der Waals surface area contributed by atoms with Crippen LogP contribution in [0.5, 0.6) is 0 Å². The number of carbonyl (C=O) groups excluding carboxylic acids is 1. The zero-order chi connectivity index (χ0) is 14.9. The van der Waals surface area contributed by atoms with Gasteiger partial charge in [0, 0.05) is 11.8 Å². The van der Waals surface area contributed by atoms with E-state index in [0.717, 1.165) is 24.4 Å². The summed E-state index contributed by atoms with van der Waals surface area (Å²) < 4.78 is 65.0. The SMILES string of the molecule is O=Cc1c(C(F)(F)F)ccnc1-c1cccc(F)c1F. The fourth-order valence-electron chi connectivity index (χ4n) is 1.74. The molecule has 0 unspecified atom stereocenters. The number of hydrogen-bond acceptors (Lipinski definition) is 2. The maximum atomic E-state index is 13.6. The van der Waals surface area contributed by atoms with E-state index < -0.39 is 40.2 Å². The van der Waals surface area contributed by atoms with Crippen molar-refractivity contribution in [2.45, 2.75) is 6.18 Å². The molecule has 0 aliphatic rings. The maximum Gasteiger partial charge on any atom is 0.417 e. The van der Waals surface area contributed by atoms with Crippen molar-refractivity contribution in [2.75, 3.05) is 0 Å². The fourth-order valence-corrected chi connectivity index (χ4v) is 1.74. The Morgan fingerprint density at radius 2 is 1.80 bits per heavy atom. The molecular formula is C13H6F5NO. The van der Waals surface area contributed by atoms with Crippen LogP contribution in [-0.4, -0.2) is 11.3 Å². The third-order valence-electron chi connectivity index (χ3n) is 2.62. The van der Waals surface area contributed by atoms with Gasteiger partial charge in [0.25, 0.3) is 0 Å². The smallest absolute Gasteiger partial charge is 0.298 e. The molecule has 0 fully saturated rings. The minimum absolute atomic E-state index is 0.0739. The second kappa shape index (κ2) is 4.99. The average molecular weight is 287 g/mol. The topological polar surface area (TPSA) is 30.0 Å². The molecule has 0 atom stereocenters. The molecule has 2 nitrogen and oxygen atoms in total. The summed E-state index contributed by atoms with van der Waals surface area (Å²) >= 11 is 0. The number of alkyl halides is 3. The Kier molecular flexibility index (Phi) is 3.52. The lowest BCUT2D eigenvalue weighted by Gasteiger charge is -2.12. The van der Waals surface area contributed by atoms with Crippen molar-refractivity contribution in [1.82, 2.24) is 4.98 Å². The molecule has 104 valence electrons. The van der Waals surface area contributed by atoms with Gasteiger partial charge in [-0.15, -0.1) is 0 Å². The van der Waals surface area contributed by atoms with Gasteiger partial charge in [-0.2, -0.15) is 13.2 Å². The standard InChI is InChI=1S/C13H6F5NO/c14-10-3-1-2-7(11(10)15)12-8(6-20)9(4-5-19-12)13(16,17)18/h1-6H. The van der Waals surface area contributed by atoms with E-state index in [4.69, 9.17) is 0 Å². The van der Waals surface area contributed by atoms with Gasteiger partial charge in [-0.25, -0.2) is 8.78 Å². The second-order valence-electron chi connectivity index (χ2n) is 3.84. The number of nitrogens with zero attached hydrogens (tertiary/aromatic N) is 1. The first-order valence-corrected chi connectivity index (χ1v) is 5.32. The van der Waals surface area contributed by atoms with Gasteiger partial charge in [0.15, 0.2) is 17.9 Å². The minimum Gasteiger partial charge on any atom is -0.298 e. The van der Waals surface area contributed by atoms with E-state index >= 15 is 0 Å². The van der Waals surface area contributed by atoms with Crippen LogP contribution in [0.25, 0.3) is 11.3 Å². The third kappa shape index (κ3) is 2.38. The molecule has 1 aromatic carbocycles. The fraction of sp³-hybridized carbons (Fsp3) is 0.0769. The highest BCUT2D eigenvalue weighted by Crippen LogP contribution is 2.35. The van der Waals surface area contributed by atoms with E-state index in [1.54, 1.807) is 0 Å². The number of hydrogen-bond donors (Lipinski definition) is 0.